The molecule has 0 saturated heterocycles. The van der Waals surface area contributed by atoms with E-state index in [0.717, 1.165) is 36.3 Å². The molecule has 3 rings (SSSR count). The lowest BCUT2D eigenvalue weighted by molar-refractivity contribution is -0.384. The Hall–Kier alpha value is -1.92. The molecule has 1 aromatic heterocycles. The molecule has 0 amide bonds. The molecule has 0 aliphatic carbocycles. The summed E-state index contributed by atoms with van der Waals surface area (Å²) in [6, 6.07) is 4.80. The lowest BCUT2D eigenvalue weighted by Gasteiger charge is -2.14. The number of aryl methyl sites for hydroxylation is 1. The average molecular weight is 293 g/mol. The first kappa shape index (κ1) is 13.1. The molecule has 2 heterocycles. The highest BCUT2D eigenvalue weighted by molar-refractivity contribution is 6.32. The highest BCUT2D eigenvalue weighted by Crippen LogP contribution is 2.33. The van der Waals surface area contributed by atoms with Crippen LogP contribution in [0.1, 0.15) is 11.3 Å². The van der Waals surface area contributed by atoms with Crippen molar-refractivity contribution in [1.82, 2.24) is 15.1 Å². The molecule has 1 aliphatic rings. The second kappa shape index (κ2) is 4.88. The van der Waals surface area contributed by atoms with Crippen LogP contribution in [-0.4, -0.2) is 21.2 Å². The zero-order valence-corrected chi connectivity index (χ0v) is 11.6. The Balaban J connectivity index is 2.14. The molecule has 6 nitrogen and oxygen atoms in total. The third kappa shape index (κ3) is 2.07. The van der Waals surface area contributed by atoms with Crippen molar-refractivity contribution in [3.05, 3.63) is 44.6 Å². The van der Waals surface area contributed by atoms with Crippen molar-refractivity contribution in [3.63, 3.8) is 0 Å². The molecule has 0 spiro atoms. The van der Waals surface area contributed by atoms with Gasteiger partial charge in [-0.3, -0.25) is 14.8 Å². The van der Waals surface area contributed by atoms with Crippen molar-refractivity contribution >= 4 is 17.3 Å². The van der Waals surface area contributed by atoms with Crippen molar-refractivity contribution < 1.29 is 4.92 Å². The van der Waals surface area contributed by atoms with Gasteiger partial charge in [0.2, 0.25) is 0 Å². The Morgan fingerprint density at radius 3 is 3.05 bits per heavy atom. The molecule has 1 aromatic carbocycles. The van der Waals surface area contributed by atoms with Gasteiger partial charge in [-0.1, -0.05) is 17.7 Å². The van der Waals surface area contributed by atoms with Crippen LogP contribution in [0.5, 0.6) is 0 Å². The van der Waals surface area contributed by atoms with Crippen LogP contribution in [0.25, 0.3) is 11.3 Å². The zero-order valence-electron chi connectivity index (χ0n) is 10.9. The third-order valence-electron chi connectivity index (χ3n) is 3.53. The van der Waals surface area contributed by atoms with E-state index in [1.807, 2.05) is 11.7 Å². The quantitative estimate of drug-likeness (QED) is 0.681. The lowest BCUT2D eigenvalue weighted by atomic mass is 10.0. The summed E-state index contributed by atoms with van der Waals surface area (Å²) in [5, 5.41) is 18.9. The van der Waals surface area contributed by atoms with Gasteiger partial charge in [0.25, 0.3) is 5.69 Å². The predicted molar refractivity (Wildman–Crippen MR) is 75.7 cm³/mol. The van der Waals surface area contributed by atoms with Crippen LogP contribution in [-0.2, 0) is 20.0 Å². The molecule has 0 fully saturated rings. The van der Waals surface area contributed by atoms with Crippen LogP contribution in [0, 0.1) is 10.1 Å². The first-order valence-corrected chi connectivity index (χ1v) is 6.65. The maximum atomic E-state index is 11.0. The molecule has 0 saturated carbocycles. The molecule has 1 N–H and O–H groups in total. The Morgan fingerprint density at radius 1 is 1.50 bits per heavy atom. The summed E-state index contributed by atoms with van der Waals surface area (Å²) in [5.41, 5.74) is 3.70. The molecular weight excluding hydrogens is 280 g/mol. The molecule has 20 heavy (non-hydrogen) atoms. The van der Waals surface area contributed by atoms with E-state index >= 15 is 0 Å². The maximum Gasteiger partial charge on any atom is 0.288 e. The summed E-state index contributed by atoms with van der Waals surface area (Å²) >= 11 is 5.85. The fourth-order valence-electron chi connectivity index (χ4n) is 2.55. The van der Waals surface area contributed by atoms with Gasteiger partial charge in [0, 0.05) is 49.4 Å². The molecule has 0 radical (unpaired) electrons. The molecular formula is C13H13ClN4O2. The number of nitro groups is 1. The Bertz CT molecular complexity index is 696. The third-order valence-corrected chi connectivity index (χ3v) is 3.85. The van der Waals surface area contributed by atoms with Crippen molar-refractivity contribution in [2.24, 2.45) is 7.05 Å². The fourth-order valence-corrected chi connectivity index (χ4v) is 2.74. The number of rotatable bonds is 2. The van der Waals surface area contributed by atoms with Gasteiger partial charge in [-0.15, -0.1) is 0 Å². The number of fused-ring (bicyclic) bond motifs is 1. The van der Waals surface area contributed by atoms with Crippen LogP contribution < -0.4 is 5.32 Å². The SMILES string of the molecule is Cn1nc(-c2ccc(Cl)c([N+](=O)[O-])c2)c2c1CCNC2. The first-order chi connectivity index (χ1) is 9.58. The lowest BCUT2D eigenvalue weighted by Crippen LogP contribution is -2.24. The fraction of sp³-hybridized carbons (Fsp3) is 0.308. The number of aromatic nitrogens is 2. The number of nitro benzene ring substituents is 1. The number of nitrogens with one attached hydrogen (secondary N) is 1. The number of nitrogens with zero attached hydrogens (tertiary/aromatic N) is 3. The Kier molecular flexibility index (Phi) is 3.19. The van der Waals surface area contributed by atoms with Gasteiger partial charge in [-0.05, 0) is 6.07 Å². The van der Waals surface area contributed by atoms with E-state index in [4.69, 9.17) is 11.6 Å². The molecule has 0 atom stereocenters. The number of hydrogen-bond acceptors (Lipinski definition) is 4. The normalized spacial score (nSPS) is 14.1. The van der Waals surface area contributed by atoms with Gasteiger partial charge in [0.05, 0.1) is 10.6 Å². The summed E-state index contributed by atoms with van der Waals surface area (Å²) in [6.45, 7) is 1.65. The van der Waals surface area contributed by atoms with Gasteiger partial charge in [0.1, 0.15) is 5.02 Å². The van der Waals surface area contributed by atoms with Crippen molar-refractivity contribution in [1.29, 1.82) is 0 Å². The minimum Gasteiger partial charge on any atom is -0.312 e. The standard InChI is InChI=1S/C13H13ClN4O2/c1-17-11-4-5-15-7-9(11)13(16-17)8-2-3-10(14)12(6-8)18(19)20/h2-3,6,15H,4-5,7H2,1H3. The molecule has 104 valence electrons. The predicted octanol–water partition coefficient (Wildman–Crippen LogP) is 2.29. The van der Waals surface area contributed by atoms with Gasteiger partial charge in [0.15, 0.2) is 0 Å². The van der Waals surface area contributed by atoms with Crippen LogP contribution >= 0.6 is 11.6 Å². The van der Waals surface area contributed by atoms with Gasteiger partial charge in [-0.2, -0.15) is 5.10 Å². The summed E-state index contributed by atoms with van der Waals surface area (Å²) in [5.74, 6) is 0. The van der Waals surface area contributed by atoms with Crippen molar-refractivity contribution in [3.8, 4) is 11.3 Å². The van der Waals surface area contributed by atoms with E-state index in [-0.39, 0.29) is 10.7 Å². The second-order valence-corrected chi connectivity index (χ2v) is 5.15. The van der Waals surface area contributed by atoms with Crippen LogP contribution in [0.3, 0.4) is 0 Å². The number of benzene rings is 1. The van der Waals surface area contributed by atoms with Crippen molar-refractivity contribution in [2.75, 3.05) is 6.54 Å². The summed E-state index contributed by atoms with van der Waals surface area (Å²) in [6.07, 6.45) is 0.911. The van der Waals surface area contributed by atoms with Crippen LogP contribution in [0.2, 0.25) is 5.02 Å². The molecule has 1 aliphatic heterocycles. The first-order valence-electron chi connectivity index (χ1n) is 6.27. The number of hydrogen-bond donors (Lipinski definition) is 1. The largest absolute Gasteiger partial charge is 0.312 e. The molecule has 2 aromatic rings. The van der Waals surface area contributed by atoms with Gasteiger partial charge in [-0.25, -0.2) is 0 Å². The second-order valence-electron chi connectivity index (χ2n) is 4.75. The summed E-state index contributed by atoms with van der Waals surface area (Å²) < 4.78 is 1.85. The van der Waals surface area contributed by atoms with E-state index < -0.39 is 4.92 Å². The van der Waals surface area contributed by atoms with Gasteiger partial charge < -0.3 is 5.32 Å². The van der Waals surface area contributed by atoms with Crippen LogP contribution in [0.15, 0.2) is 18.2 Å². The van der Waals surface area contributed by atoms with E-state index in [0.29, 0.717) is 0 Å². The minimum atomic E-state index is -0.473. The topological polar surface area (TPSA) is 73.0 Å². The average Bonchev–Trinajstić information content (AvgIpc) is 2.77. The van der Waals surface area contributed by atoms with Gasteiger partial charge >= 0.3 is 0 Å². The van der Waals surface area contributed by atoms with E-state index in [2.05, 4.69) is 10.4 Å². The Labute approximate surface area is 120 Å². The zero-order chi connectivity index (χ0) is 14.3. The Morgan fingerprint density at radius 2 is 2.30 bits per heavy atom. The monoisotopic (exact) mass is 292 g/mol. The summed E-state index contributed by atoms with van der Waals surface area (Å²) in [4.78, 5) is 10.5. The van der Waals surface area contributed by atoms with Crippen LogP contribution in [0.4, 0.5) is 5.69 Å². The van der Waals surface area contributed by atoms with Crippen molar-refractivity contribution in [2.45, 2.75) is 13.0 Å². The highest BCUT2D eigenvalue weighted by atomic mass is 35.5. The van der Waals surface area contributed by atoms with E-state index in [1.165, 1.54) is 11.8 Å². The summed E-state index contributed by atoms with van der Waals surface area (Å²) in [7, 11) is 1.90. The highest BCUT2D eigenvalue weighted by Gasteiger charge is 2.22. The molecule has 0 bridgehead atoms. The molecule has 7 heteroatoms. The molecule has 0 unspecified atom stereocenters. The maximum absolute atomic E-state index is 11.0. The minimum absolute atomic E-state index is 0.0904. The number of halogens is 1. The van der Waals surface area contributed by atoms with E-state index in [1.54, 1.807) is 12.1 Å². The smallest absolute Gasteiger partial charge is 0.288 e. The van der Waals surface area contributed by atoms with E-state index in [9.17, 15) is 10.1 Å².